The Morgan fingerprint density at radius 3 is 2.52 bits per heavy atom. The molecule has 0 aromatic heterocycles. The van der Waals surface area contributed by atoms with Crippen LogP contribution in [0.4, 0.5) is 9.18 Å². The summed E-state index contributed by atoms with van der Waals surface area (Å²) in [5.74, 6) is -0.841. The molecule has 0 spiro atoms. The van der Waals surface area contributed by atoms with Crippen molar-refractivity contribution in [3.63, 3.8) is 0 Å². The van der Waals surface area contributed by atoms with Crippen molar-refractivity contribution < 1.29 is 23.8 Å². The first kappa shape index (κ1) is 25.1. The summed E-state index contributed by atoms with van der Waals surface area (Å²) < 4.78 is 19.7. The number of aliphatic hydroxyl groups is 1. The van der Waals surface area contributed by atoms with Gasteiger partial charge in [-0.2, -0.15) is 0 Å². The Kier molecular flexibility index (Phi) is 7.46. The molecule has 1 fully saturated rings. The number of rotatable bonds is 6. The van der Waals surface area contributed by atoms with Crippen molar-refractivity contribution in [2.24, 2.45) is 11.1 Å². The van der Waals surface area contributed by atoms with E-state index >= 15 is 0 Å². The van der Waals surface area contributed by atoms with Gasteiger partial charge < -0.3 is 15.6 Å². The van der Waals surface area contributed by atoms with Gasteiger partial charge in [0.2, 0.25) is 5.91 Å². The maximum absolute atomic E-state index is 14.2. The number of carbonyl (C=O) groups is 2. The van der Waals surface area contributed by atoms with Crippen molar-refractivity contribution in [2.45, 2.75) is 51.7 Å². The highest BCUT2D eigenvalue weighted by Crippen LogP contribution is 2.41. The minimum Gasteiger partial charge on any atom is -0.443 e. The Hall–Kier alpha value is -2.48. The summed E-state index contributed by atoms with van der Waals surface area (Å²) in [5, 5.41) is 10.5. The van der Waals surface area contributed by atoms with Crippen molar-refractivity contribution >= 4 is 23.6 Å². The maximum atomic E-state index is 14.2. The number of carbonyl (C=O) groups excluding carboxylic acids is 2. The monoisotopic (exact) mass is 476 g/mol. The molecule has 2 amide bonds. The number of likely N-dealkylation sites (tertiary alicyclic amines) is 1. The minimum atomic E-state index is -1.11. The molecule has 2 atom stereocenters. The number of imide groups is 1. The van der Waals surface area contributed by atoms with Crippen molar-refractivity contribution in [3.8, 4) is 11.1 Å². The molecule has 178 valence electrons. The van der Waals surface area contributed by atoms with Crippen LogP contribution in [-0.4, -0.2) is 46.8 Å². The van der Waals surface area contributed by atoms with Crippen molar-refractivity contribution in [2.75, 3.05) is 13.2 Å². The molecule has 0 saturated carbocycles. The zero-order valence-electron chi connectivity index (χ0n) is 19.1. The van der Waals surface area contributed by atoms with Gasteiger partial charge in [0.15, 0.2) is 0 Å². The third-order valence-corrected chi connectivity index (χ3v) is 6.08. The number of nitrogens with two attached hydrogens (primary N) is 1. The molecule has 0 radical (unpaired) electrons. The molecule has 1 heterocycles. The second kappa shape index (κ2) is 9.79. The highest BCUT2D eigenvalue weighted by atomic mass is 35.5. The topological polar surface area (TPSA) is 92.9 Å². The highest BCUT2D eigenvalue weighted by Gasteiger charge is 2.53. The molecule has 6 nitrogen and oxygen atoms in total. The fraction of sp³-hybridized carbons (Fsp3) is 0.440. The van der Waals surface area contributed by atoms with Crippen LogP contribution in [0.3, 0.4) is 0 Å². The van der Waals surface area contributed by atoms with Crippen LogP contribution in [-0.2, 0) is 16.0 Å². The lowest BCUT2D eigenvalue weighted by molar-refractivity contribution is -0.138. The molecule has 8 heteroatoms. The summed E-state index contributed by atoms with van der Waals surface area (Å²) in [6.45, 7) is 5.00. The lowest BCUT2D eigenvalue weighted by atomic mass is 9.81. The lowest BCUT2D eigenvalue weighted by Crippen LogP contribution is -2.45. The van der Waals surface area contributed by atoms with E-state index in [2.05, 4.69) is 0 Å². The minimum absolute atomic E-state index is 0.209. The van der Waals surface area contributed by atoms with Gasteiger partial charge in [0.05, 0.1) is 12.0 Å². The predicted octanol–water partition coefficient (Wildman–Crippen LogP) is 4.55. The third kappa shape index (κ3) is 5.54. The van der Waals surface area contributed by atoms with Crippen LogP contribution in [0.25, 0.3) is 11.1 Å². The van der Waals surface area contributed by atoms with Gasteiger partial charge in [-0.25, -0.2) is 14.1 Å². The summed E-state index contributed by atoms with van der Waals surface area (Å²) in [6.07, 6.45) is 0.187. The van der Waals surface area contributed by atoms with Crippen LogP contribution in [0.5, 0.6) is 0 Å². The number of nitrogens with zero attached hydrogens (tertiary/aromatic N) is 1. The van der Waals surface area contributed by atoms with Crippen LogP contribution in [0.15, 0.2) is 42.5 Å². The Morgan fingerprint density at radius 1 is 1.27 bits per heavy atom. The van der Waals surface area contributed by atoms with E-state index in [9.17, 15) is 19.1 Å². The first-order valence-electron chi connectivity index (χ1n) is 10.9. The second-order valence-electron chi connectivity index (χ2n) is 9.52. The van der Waals surface area contributed by atoms with Crippen LogP contribution in [0.2, 0.25) is 5.02 Å². The molecule has 0 bridgehead atoms. The molecule has 1 aliphatic rings. The maximum Gasteiger partial charge on any atom is 0.417 e. The van der Waals surface area contributed by atoms with E-state index < -0.39 is 35.7 Å². The fourth-order valence-corrected chi connectivity index (χ4v) is 4.44. The predicted molar refractivity (Wildman–Crippen MR) is 125 cm³/mol. The lowest BCUT2D eigenvalue weighted by Gasteiger charge is -2.28. The number of hydrogen-bond acceptors (Lipinski definition) is 5. The normalized spacial score (nSPS) is 20.9. The Morgan fingerprint density at radius 2 is 1.94 bits per heavy atom. The van der Waals surface area contributed by atoms with Gasteiger partial charge in [-0.15, -0.1) is 0 Å². The molecule has 0 aliphatic carbocycles. The van der Waals surface area contributed by atoms with Gasteiger partial charge in [0, 0.05) is 16.6 Å². The van der Waals surface area contributed by atoms with Crippen LogP contribution in [0, 0.1) is 11.2 Å². The SMILES string of the molecule is CC(C)(C)OC(=O)N1C(=O)C(CO)(CCN)C[C@H]1Cc1ccc(-c2cc(Cl)ccc2F)cc1. The second-order valence-corrected chi connectivity index (χ2v) is 9.95. The number of halogens is 2. The number of amides is 2. The van der Waals surface area contributed by atoms with E-state index in [1.54, 1.807) is 39.0 Å². The van der Waals surface area contributed by atoms with Gasteiger partial charge in [-0.3, -0.25) is 4.79 Å². The van der Waals surface area contributed by atoms with Gasteiger partial charge >= 0.3 is 6.09 Å². The van der Waals surface area contributed by atoms with E-state index in [-0.39, 0.29) is 25.2 Å². The van der Waals surface area contributed by atoms with Gasteiger partial charge in [0.1, 0.15) is 11.4 Å². The Labute approximate surface area is 198 Å². The van der Waals surface area contributed by atoms with E-state index in [0.29, 0.717) is 22.6 Å². The summed E-state index contributed by atoms with van der Waals surface area (Å²) >= 11 is 6.01. The van der Waals surface area contributed by atoms with Gasteiger partial charge in [-0.05, 0) is 75.9 Å². The first-order valence-corrected chi connectivity index (χ1v) is 11.3. The summed E-state index contributed by atoms with van der Waals surface area (Å²) in [5.41, 5.74) is 5.74. The van der Waals surface area contributed by atoms with Crippen LogP contribution in [0.1, 0.15) is 39.2 Å². The Balaban J connectivity index is 1.88. The van der Waals surface area contributed by atoms with Crippen molar-refractivity contribution in [3.05, 3.63) is 58.9 Å². The molecule has 1 saturated heterocycles. The van der Waals surface area contributed by atoms with E-state index in [1.807, 2.05) is 12.1 Å². The zero-order valence-corrected chi connectivity index (χ0v) is 19.9. The molecule has 2 aromatic carbocycles. The van der Waals surface area contributed by atoms with Crippen molar-refractivity contribution in [1.29, 1.82) is 0 Å². The molecular formula is C25H30ClFN2O4. The van der Waals surface area contributed by atoms with E-state index in [0.717, 1.165) is 10.5 Å². The van der Waals surface area contributed by atoms with Crippen LogP contribution < -0.4 is 5.73 Å². The third-order valence-electron chi connectivity index (χ3n) is 5.84. The first-order chi connectivity index (χ1) is 15.5. The quantitative estimate of drug-likeness (QED) is 0.638. The average Bonchev–Trinajstić information content (AvgIpc) is 3.01. The number of hydrogen-bond donors (Lipinski definition) is 2. The zero-order chi connectivity index (χ0) is 24.4. The molecule has 3 rings (SSSR count). The largest absolute Gasteiger partial charge is 0.443 e. The van der Waals surface area contributed by atoms with Gasteiger partial charge in [0.25, 0.3) is 0 Å². The summed E-state index contributed by atoms with van der Waals surface area (Å²) in [6, 6.07) is 11.1. The summed E-state index contributed by atoms with van der Waals surface area (Å²) in [7, 11) is 0. The number of ether oxygens (including phenoxy) is 1. The Bertz CT molecular complexity index is 1020. The van der Waals surface area contributed by atoms with Crippen molar-refractivity contribution in [1.82, 2.24) is 4.90 Å². The average molecular weight is 477 g/mol. The molecule has 1 unspecified atom stereocenters. The highest BCUT2D eigenvalue weighted by molar-refractivity contribution is 6.30. The molecule has 2 aromatic rings. The molecular weight excluding hydrogens is 447 g/mol. The summed E-state index contributed by atoms with van der Waals surface area (Å²) in [4.78, 5) is 27.3. The standard InChI is InChI=1S/C25H30ClFN2O4/c1-24(2,3)33-23(32)29-19(14-25(15-30,10-11-28)22(29)31)12-16-4-6-17(7-5-16)20-13-18(26)8-9-21(20)27/h4-9,13,19,30H,10-12,14-15,28H2,1-3H3/t19-,25?/m1/s1. The molecule has 3 N–H and O–H groups in total. The number of aliphatic hydroxyl groups excluding tert-OH is 1. The van der Waals surface area contributed by atoms with Crippen LogP contribution >= 0.6 is 11.6 Å². The van der Waals surface area contributed by atoms with E-state index in [1.165, 1.54) is 12.1 Å². The van der Waals surface area contributed by atoms with Gasteiger partial charge in [-0.1, -0.05) is 35.9 Å². The number of benzene rings is 2. The molecule has 1 aliphatic heterocycles. The smallest absolute Gasteiger partial charge is 0.417 e. The van der Waals surface area contributed by atoms with E-state index in [4.69, 9.17) is 22.1 Å². The molecule has 33 heavy (non-hydrogen) atoms. The fourth-order valence-electron chi connectivity index (χ4n) is 4.27.